The molecule has 0 radical (unpaired) electrons. The van der Waals surface area contributed by atoms with Gasteiger partial charge in [-0.25, -0.2) is 0 Å². The van der Waals surface area contributed by atoms with Gasteiger partial charge in [0.1, 0.15) is 0 Å². The number of nitrogens with one attached hydrogen (secondary N) is 1. The van der Waals surface area contributed by atoms with Crippen LogP contribution in [0.15, 0.2) is 66.4 Å². The highest BCUT2D eigenvalue weighted by atomic mass is 14.9. The van der Waals surface area contributed by atoms with Crippen molar-refractivity contribution in [1.29, 1.82) is 0 Å². The van der Waals surface area contributed by atoms with Crippen molar-refractivity contribution in [3.63, 3.8) is 0 Å². The highest BCUT2D eigenvalue weighted by molar-refractivity contribution is 5.51. The van der Waals surface area contributed by atoms with Gasteiger partial charge >= 0.3 is 0 Å². The Morgan fingerprint density at radius 3 is 2.38 bits per heavy atom. The van der Waals surface area contributed by atoms with Gasteiger partial charge in [0.25, 0.3) is 0 Å². The zero-order valence-corrected chi connectivity index (χ0v) is 10.1. The number of allylic oxidation sites excluding steroid dienone is 3. The first kappa shape index (κ1) is 12.3. The summed E-state index contributed by atoms with van der Waals surface area (Å²) in [5.41, 5.74) is 4.28. The van der Waals surface area contributed by atoms with Crippen LogP contribution in [0, 0.1) is 0 Å². The third kappa shape index (κ3) is 3.77. The zero-order valence-electron chi connectivity index (χ0n) is 10.1. The standard InChI is InChI=1S/C15H19N/c1-5-14(12(2)3)11-13(4)16-15-9-7-6-8-10-15/h6-11,16H,2,4-5H2,1,3H3/b14-11-. The fraction of sp³-hybridized carbons (Fsp3) is 0.200. The second kappa shape index (κ2) is 5.96. The van der Waals surface area contributed by atoms with Crippen LogP contribution in [0.2, 0.25) is 0 Å². The Morgan fingerprint density at radius 1 is 1.25 bits per heavy atom. The molecule has 0 heterocycles. The largest absolute Gasteiger partial charge is 0.356 e. The average Bonchev–Trinajstić information content (AvgIpc) is 2.27. The SMILES string of the molecule is C=C(/C=C(/CC)C(=C)C)Nc1ccccc1. The van der Waals surface area contributed by atoms with E-state index in [0.29, 0.717) is 0 Å². The molecule has 1 heteroatoms. The zero-order chi connectivity index (χ0) is 12.0. The van der Waals surface area contributed by atoms with Gasteiger partial charge in [0, 0.05) is 11.4 Å². The van der Waals surface area contributed by atoms with Crippen molar-refractivity contribution in [2.75, 3.05) is 5.32 Å². The van der Waals surface area contributed by atoms with Crippen LogP contribution >= 0.6 is 0 Å². The van der Waals surface area contributed by atoms with Crippen molar-refractivity contribution in [2.45, 2.75) is 20.3 Å². The molecule has 0 aliphatic carbocycles. The maximum absolute atomic E-state index is 3.99. The van der Waals surface area contributed by atoms with Gasteiger partial charge < -0.3 is 5.32 Å². The first-order valence-electron chi connectivity index (χ1n) is 5.51. The molecule has 0 saturated heterocycles. The monoisotopic (exact) mass is 213 g/mol. The van der Waals surface area contributed by atoms with E-state index in [0.717, 1.165) is 23.4 Å². The van der Waals surface area contributed by atoms with Crippen LogP contribution in [0.3, 0.4) is 0 Å². The lowest BCUT2D eigenvalue weighted by atomic mass is 10.1. The summed E-state index contributed by atoms with van der Waals surface area (Å²) in [6, 6.07) is 10.0. The number of para-hydroxylation sites is 1. The maximum Gasteiger partial charge on any atom is 0.0384 e. The van der Waals surface area contributed by atoms with E-state index < -0.39 is 0 Å². The maximum atomic E-state index is 3.99. The van der Waals surface area contributed by atoms with Crippen molar-refractivity contribution in [2.24, 2.45) is 0 Å². The van der Waals surface area contributed by atoms with E-state index >= 15 is 0 Å². The predicted molar refractivity (Wildman–Crippen MR) is 72.4 cm³/mol. The minimum Gasteiger partial charge on any atom is -0.356 e. The first-order valence-corrected chi connectivity index (χ1v) is 5.51. The molecule has 0 atom stereocenters. The van der Waals surface area contributed by atoms with Crippen LogP contribution in [0.1, 0.15) is 20.3 Å². The number of hydrogen-bond donors (Lipinski definition) is 1. The highest BCUT2D eigenvalue weighted by Crippen LogP contribution is 2.15. The van der Waals surface area contributed by atoms with Crippen molar-refractivity contribution < 1.29 is 0 Å². The second-order valence-electron chi connectivity index (χ2n) is 3.82. The molecule has 0 aromatic heterocycles. The molecular weight excluding hydrogens is 194 g/mol. The highest BCUT2D eigenvalue weighted by Gasteiger charge is 1.97. The molecule has 84 valence electrons. The molecular formula is C15H19N. The molecule has 1 rings (SSSR count). The first-order chi connectivity index (χ1) is 7.63. The Kier molecular flexibility index (Phi) is 4.59. The van der Waals surface area contributed by atoms with Crippen molar-refractivity contribution >= 4 is 5.69 Å². The number of hydrogen-bond acceptors (Lipinski definition) is 1. The van der Waals surface area contributed by atoms with Crippen LogP contribution in [-0.4, -0.2) is 0 Å². The van der Waals surface area contributed by atoms with E-state index in [2.05, 4.69) is 31.5 Å². The molecule has 0 fully saturated rings. The summed E-state index contributed by atoms with van der Waals surface area (Å²) in [6.45, 7) is 12.1. The van der Waals surface area contributed by atoms with E-state index in [1.807, 2.05) is 37.3 Å². The number of anilines is 1. The van der Waals surface area contributed by atoms with E-state index in [1.54, 1.807) is 0 Å². The smallest absolute Gasteiger partial charge is 0.0384 e. The third-order valence-electron chi connectivity index (χ3n) is 2.36. The molecule has 1 N–H and O–H groups in total. The molecule has 0 spiro atoms. The normalized spacial score (nSPS) is 11.0. The van der Waals surface area contributed by atoms with Crippen molar-refractivity contribution in [3.8, 4) is 0 Å². The van der Waals surface area contributed by atoms with Crippen LogP contribution in [0.5, 0.6) is 0 Å². The van der Waals surface area contributed by atoms with E-state index in [1.165, 1.54) is 5.57 Å². The molecule has 0 bridgehead atoms. The van der Waals surface area contributed by atoms with E-state index in [4.69, 9.17) is 0 Å². The minimum absolute atomic E-state index is 0.894. The van der Waals surface area contributed by atoms with Gasteiger partial charge in [-0.2, -0.15) is 0 Å². The van der Waals surface area contributed by atoms with Crippen LogP contribution in [-0.2, 0) is 0 Å². The molecule has 1 aromatic carbocycles. The van der Waals surface area contributed by atoms with Crippen LogP contribution in [0.4, 0.5) is 5.69 Å². The van der Waals surface area contributed by atoms with Gasteiger partial charge in [-0.1, -0.05) is 43.9 Å². The van der Waals surface area contributed by atoms with Crippen LogP contribution < -0.4 is 5.32 Å². The van der Waals surface area contributed by atoms with Crippen molar-refractivity contribution in [3.05, 3.63) is 66.4 Å². The topological polar surface area (TPSA) is 12.0 Å². The van der Waals surface area contributed by atoms with Gasteiger partial charge in [-0.3, -0.25) is 0 Å². The Balaban J connectivity index is 2.70. The van der Waals surface area contributed by atoms with Gasteiger partial charge in [-0.05, 0) is 37.1 Å². The summed E-state index contributed by atoms with van der Waals surface area (Å²) in [5.74, 6) is 0. The van der Waals surface area contributed by atoms with Crippen LogP contribution in [0.25, 0.3) is 0 Å². The Hall–Kier alpha value is -1.76. The number of benzene rings is 1. The minimum atomic E-state index is 0.894. The molecule has 0 amide bonds. The van der Waals surface area contributed by atoms with Gasteiger partial charge in [0.15, 0.2) is 0 Å². The molecule has 1 nitrogen and oxygen atoms in total. The average molecular weight is 213 g/mol. The lowest BCUT2D eigenvalue weighted by Gasteiger charge is -2.08. The Morgan fingerprint density at radius 2 is 1.88 bits per heavy atom. The Labute approximate surface area is 98.2 Å². The third-order valence-corrected chi connectivity index (χ3v) is 2.36. The Bertz CT molecular complexity index is 399. The number of rotatable bonds is 5. The molecule has 0 unspecified atom stereocenters. The summed E-state index contributed by atoms with van der Waals surface area (Å²) in [7, 11) is 0. The molecule has 0 saturated carbocycles. The summed E-state index contributed by atoms with van der Waals surface area (Å²) < 4.78 is 0. The fourth-order valence-electron chi connectivity index (χ4n) is 1.48. The fourth-order valence-corrected chi connectivity index (χ4v) is 1.48. The van der Waals surface area contributed by atoms with Crippen molar-refractivity contribution in [1.82, 2.24) is 0 Å². The molecule has 1 aromatic rings. The van der Waals surface area contributed by atoms with E-state index in [-0.39, 0.29) is 0 Å². The predicted octanol–water partition coefficient (Wildman–Crippen LogP) is 4.52. The summed E-state index contributed by atoms with van der Waals surface area (Å²) in [6.07, 6.45) is 3.03. The summed E-state index contributed by atoms with van der Waals surface area (Å²) in [5, 5.41) is 3.25. The second-order valence-corrected chi connectivity index (χ2v) is 3.82. The quantitative estimate of drug-likeness (QED) is 0.709. The summed E-state index contributed by atoms with van der Waals surface area (Å²) >= 11 is 0. The molecule has 0 aliphatic rings. The molecule has 0 aliphatic heterocycles. The lowest BCUT2D eigenvalue weighted by Crippen LogP contribution is -1.96. The lowest BCUT2D eigenvalue weighted by molar-refractivity contribution is 1.10. The summed E-state index contributed by atoms with van der Waals surface area (Å²) in [4.78, 5) is 0. The van der Waals surface area contributed by atoms with Gasteiger partial charge in [0.2, 0.25) is 0 Å². The van der Waals surface area contributed by atoms with Gasteiger partial charge in [0.05, 0.1) is 0 Å². The van der Waals surface area contributed by atoms with Gasteiger partial charge in [-0.15, -0.1) is 0 Å². The molecule has 16 heavy (non-hydrogen) atoms. The van der Waals surface area contributed by atoms with E-state index in [9.17, 15) is 0 Å².